The number of ether oxygens (including phenoxy) is 2. The van der Waals surface area contributed by atoms with Crippen molar-refractivity contribution < 1.29 is 45.1 Å². The highest BCUT2D eigenvalue weighted by molar-refractivity contribution is 6.20. The molecular formula is C18H16BF6O4. The van der Waals surface area contributed by atoms with Crippen LogP contribution in [0, 0.1) is 0 Å². The first-order valence-electron chi connectivity index (χ1n) is 8.39. The van der Waals surface area contributed by atoms with E-state index in [1.54, 1.807) is 0 Å². The second-order valence-corrected chi connectivity index (χ2v) is 5.51. The van der Waals surface area contributed by atoms with Gasteiger partial charge in [-0.1, -0.05) is 0 Å². The van der Waals surface area contributed by atoms with Crippen LogP contribution in [0.5, 0.6) is 23.0 Å². The molecule has 11 heteroatoms. The fourth-order valence-corrected chi connectivity index (χ4v) is 2.31. The summed E-state index contributed by atoms with van der Waals surface area (Å²) < 4.78 is 98.4. The molecule has 2 aromatic rings. The monoisotopic (exact) mass is 421 g/mol. The van der Waals surface area contributed by atoms with Crippen molar-refractivity contribution in [2.75, 3.05) is 13.2 Å². The second-order valence-electron chi connectivity index (χ2n) is 5.51. The van der Waals surface area contributed by atoms with Crippen LogP contribution in [0.2, 0.25) is 0 Å². The molecule has 0 heterocycles. The molecule has 0 amide bonds. The van der Waals surface area contributed by atoms with Gasteiger partial charge in [-0.25, -0.2) is 0 Å². The minimum absolute atomic E-state index is 0.0395. The van der Waals surface area contributed by atoms with Gasteiger partial charge in [0.25, 0.3) is 0 Å². The fraction of sp³-hybridized carbons (Fsp3) is 0.333. The van der Waals surface area contributed by atoms with Gasteiger partial charge in [-0.3, -0.25) is 0 Å². The van der Waals surface area contributed by atoms with Gasteiger partial charge in [-0.15, -0.1) is 0 Å². The molecule has 0 bridgehead atoms. The molecule has 0 N–H and O–H groups in total. The van der Waals surface area contributed by atoms with Crippen LogP contribution >= 0.6 is 0 Å². The number of hydrogen-bond acceptors (Lipinski definition) is 4. The number of rotatable bonds is 8. The molecule has 0 aromatic heterocycles. The Morgan fingerprint density at radius 2 is 1.07 bits per heavy atom. The molecule has 4 nitrogen and oxygen atoms in total. The maximum Gasteiger partial charge on any atom is 0.658 e. The lowest BCUT2D eigenvalue weighted by molar-refractivity contribution is -0.139. The lowest BCUT2D eigenvalue weighted by atomic mass is 10.1. The predicted molar refractivity (Wildman–Crippen MR) is 92.2 cm³/mol. The van der Waals surface area contributed by atoms with Gasteiger partial charge in [0.2, 0.25) is 0 Å². The van der Waals surface area contributed by atoms with Gasteiger partial charge in [-0.2, -0.15) is 26.3 Å². The van der Waals surface area contributed by atoms with E-state index in [0.29, 0.717) is 19.8 Å². The van der Waals surface area contributed by atoms with Gasteiger partial charge < -0.3 is 18.8 Å². The molecule has 0 fully saturated rings. The Morgan fingerprint density at radius 1 is 0.690 bits per heavy atom. The van der Waals surface area contributed by atoms with Crippen molar-refractivity contribution in [2.24, 2.45) is 0 Å². The average molecular weight is 421 g/mol. The summed E-state index contributed by atoms with van der Waals surface area (Å²) in [5.74, 6) is -1.20. The summed E-state index contributed by atoms with van der Waals surface area (Å²) in [6.45, 7) is 3.16. The molecule has 1 radical (unpaired) electrons. The highest BCUT2D eigenvalue weighted by Crippen LogP contribution is 2.39. The highest BCUT2D eigenvalue weighted by atomic mass is 19.4. The van der Waals surface area contributed by atoms with E-state index in [4.69, 9.17) is 18.8 Å². The number of hydrogen-bond donors (Lipinski definition) is 0. The van der Waals surface area contributed by atoms with E-state index in [1.807, 2.05) is 0 Å². The van der Waals surface area contributed by atoms with Gasteiger partial charge >= 0.3 is 20.0 Å². The largest absolute Gasteiger partial charge is 0.658 e. The molecule has 2 rings (SSSR count). The van der Waals surface area contributed by atoms with Crippen LogP contribution in [-0.2, 0) is 12.4 Å². The minimum atomic E-state index is -4.68. The van der Waals surface area contributed by atoms with Crippen LogP contribution in [0.25, 0.3) is 0 Å². The molecule has 157 valence electrons. The van der Waals surface area contributed by atoms with E-state index in [2.05, 4.69) is 0 Å². The smallest absolute Gasteiger partial charge is 0.526 e. The summed E-state index contributed by atoms with van der Waals surface area (Å²) in [5, 5.41) is 0. The molecule has 0 atom stereocenters. The first-order valence-corrected chi connectivity index (χ1v) is 8.39. The number of benzene rings is 2. The van der Waals surface area contributed by atoms with E-state index in [0.717, 1.165) is 12.1 Å². The Morgan fingerprint density at radius 3 is 1.38 bits per heavy atom. The SMILES string of the molecule is CCOc1ccc(O[B]Oc2ccc(OCC)c(C(F)(F)F)c2)cc1C(F)(F)F. The van der Waals surface area contributed by atoms with Crippen LogP contribution in [0.1, 0.15) is 25.0 Å². The summed E-state index contributed by atoms with van der Waals surface area (Å²) in [7, 11) is 0.631. The van der Waals surface area contributed by atoms with Crippen molar-refractivity contribution >= 4 is 7.69 Å². The standard InChI is InChI=1S/C18H16BF6O4/c1-3-26-15-7-5-11(9-13(15)17(20,21)22)28-19-29-12-6-8-16(27-4-2)14(10-12)18(23,24)25/h5-10H,3-4H2,1-2H3. The average Bonchev–Trinajstić information content (AvgIpc) is 2.62. The Bertz CT molecular complexity index is 755. The van der Waals surface area contributed by atoms with Crippen LogP contribution in [-0.4, -0.2) is 20.9 Å². The second kappa shape index (κ2) is 9.19. The number of halogens is 6. The van der Waals surface area contributed by atoms with Crippen molar-refractivity contribution in [3.8, 4) is 23.0 Å². The van der Waals surface area contributed by atoms with Crippen LogP contribution < -0.4 is 18.8 Å². The Hall–Kier alpha value is -2.72. The summed E-state index contributed by atoms with van der Waals surface area (Å²) >= 11 is 0. The maximum absolute atomic E-state index is 13.1. The zero-order valence-corrected chi connectivity index (χ0v) is 15.4. The normalized spacial score (nSPS) is 11.7. The molecule has 0 saturated carbocycles. The third-order valence-electron chi connectivity index (χ3n) is 3.48. The van der Waals surface area contributed by atoms with Crippen LogP contribution in [0.3, 0.4) is 0 Å². The third kappa shape index (κ3) is 6.13. The molecule has 0 unspecified atom stereocenters. The topological polar surface area (TPSA) is 36.9 Å². The lowest BCUT2D eigenvalue weighted by Gasteiger charge is -2.16. The maximum atomic E-state index is 13.1. The van der Waals surface area contributed by atoms with Crippen LogP contribution in [0.15, 0.2) is 36.4 Å². The molecule has 0 spiro atoms. The summed E-state index contributed by atoms with van der Waals surface area (Å²) in [4.78, 5) is 0. The minimum Gasteiger partial charge on any atom is -0.526 e. The van der Waals surface area contributed by atoms with Crippen LogP contribution in [0.4, 0.5) is 26.3 Å². The van der Waals surface area contributed by atoms with E-state index < -0.39 is 23.5 Å². The summed E-state index contributed by atoms with van der Waals surface area (Å²) in [5.41, 5.74) is -2.10. The van der Waals surface area contributed by atoms with E-state index in [-0.39, 0.29) is 36.2 Å². The molecule has 29 heavy (non-hydrogen) atoms. The van der Waals surface area contributed by atoms with Gasteiger partial charge in [0.05, 0.1) is 13.2 Å². The van der Waals surface area contributed by atoms with Gasteiger partial charge in [0.15, 0.2) is 0 Å². The lowest BCUT2D eigenvalue weighted by Crippen LogP contribution is -2.14. The third-order valence-corrected chi connectivity index (χ3v) is 3.48. The first kappa shape index (κ1) is 22.6. The molecule has 2 aromatic carbocycles. The van der Waals surface area contributed by atoms with Gasteiger partial charge in [-0.05, 0) is 50.2 Å². The summed E-state index contributed by atoms with van der Waals surface area (Å²) in [6, 6.07) is 5.97. The van der Waals surface area contributed by atoms with Crippen molar-refractivity contribution in [3.05, 3.63) is 47.5 Å². The Labute approximate surface area is 163 Å². The van der Waals surface area contributed by atoms with Crippen molar-refractivity contribution in [1.82, 2.24) is 0 Å². The number of alkyl halides is 6. The Balaban J connectivity index is 2.12. The quantitative estimate of drug-likeness (QED) is 0.416. The molecule has 0 aliphatic rings. The van der Waals surface area contributed by atoms with Gasteiger partial charge in [0.1, 0.15) is 34.1 Å². The van der Waals surface area contributed by atoms with Crippen molar-refractivity contribution in [3.63, 3.8) is 0 Å². The molecule has 0 aliphatic carbocycles. The zero-order valence-electron chi connectivity index (χ0n) is 15.4. The predicted octanol–water partition coefficient (Wildman–Crippen LogP) is 5.51. The zero-order chi connectivity index (χ0) is 21.7. The summed E-state index contributed by atoms with van der Waals surface area (Å²) in [6.07, 6.45) is -9.36. The Kier molecular flexibility index (Phi) is 7.15. The molecule has 0 saturated heterocycles. The van der Waals surface area contributed by atoms with Crippen molar-refractivity contribution in [1.29, 1.82) is 0 Å². The molecule has 0 aliphatic heterocycles. The fourth-order valence-electron chi connectivity index (χ4n) is 2.31. The first-order chi connectivity index (χ1) is 13.6. The van der Waals surface area contributed by atoms with Crippen molar-refractivity contribution in [2.45, 2.75) is 26.2 Å². The molecular weight excluding hydrogens is 405 g/mol. The van der Waals surface area contributed by atoms with Gasteiger partial charge in [0, 0.05) is 0 Å². The highest BCUT2D eigenvalue weighted by Gasteiger charge is 2.36. The van der Waals surface area contributed by atoms with E-state index >= 15 is 0 Å². The van der Waals surface area contributed by atoms with E-state index in [9.17, 15) is 26.3 Å². The van der Waals surface area contributed by atoms with E-state index in [1.165, 1.54) is 26.0 Å².